The highest BCUT2D eigenvalue weighted by Gasteiger charge is 2.05. The molecule has 0 spiro atoms. The molecule has 3 N–H and O–H groups in total. The van der Waals surface area contributed by atoms with Gasteiger partial charge in [0.2, 0.25) is 11.9 Å². The van der Waals surface area contributed by atoms with E-state index in [1.165, 1.54) is 70.6 Å². The van der Waals surface area contributed by atoms with Crippen molar-refractivity contribution in [3.8, 4) is 0 Å². The molecule has 1 aliphatic heterocycles. The zero-order chi connectivity index (χ0) is 17.3. The quantitative estimate of drug-likeness (QED) is 0.331. The van der Waals surface area contributed by atoms with Crippen LogP contribution in [0.15, 0.2) is 4.99 Å². The molecule has 0 saturated carbocycles. The highest BCUT2D eigenvalue weighted by molar-refractivity contribution is 5.84. The van der Waals surface area contributed by atoms with Crippen LogP contribution in [-0.4, -0.2) is 25.0 Å². The largest absolute Gasteiger partial charge is 0.353 e. The number of carbonyl (C=O) groups is 1. The number of hydrazine groups is 1. The van der Waals surface area contributed by atoms with Crippen LogP contribution in [0.1, 0.15) is 96.8 Å². The highest BCUT2D eigenvalue weighted by Crippen LogP contribution is 2.12. The lowest BCUT2D eigenvalue weighted by Crippen LogP contribution is -2.46. The normalized spacial score (nSPS) is 13.5. The second-order valence-electron chi connectivity index (χ2n) is 6.82. The van der Waals surface area contributed by atoms with Gasteiger partial charge in [0.05, 0.1) is 6.54 Å². The molecule has 5 heteroatoms. The van der Waals surface area contributed by atoms with Gasteiger partial charge in [-0.25, -0.2) is 0 Å². The van der Waals surface area contributed by atoms with E-state index in [2.05, 4.69) is 28.1 Å². The second-order valence-corrected chi connectivity index (χ2v) is 6.82. The van der Waals surface area contributed by atoms with Crippen LogP contribution in [0.4, 0.5) is 0 Å². The summed E-state index contributed by atoms with van der Waals surface area (Å²) >= 11 is 0. The third kappa shape index (κ3) is 12.2. The van der Waals surface area contributed by atoms with E-state index in [0.717, 1.165) is 25.9 Å². The molecule has 0 radical (unpaired) electrons. The molecule has 0 aromatic rings. The van der Waals surface area contributed by atoms with Gasteiger partial charge in [-0.05, 0) is 6.42 Å². The average molecular weight is 339 g/mol. The summed E-state index contributed by atoms with van der Waals surface area (Å²) in [5.41, 5.74) is 5.50. The summed E-state index contributed by atoms with van der Waals surface area (Å²) in [6.07, 6.45) is 17.9. The van der Waals surface area contributed by atoms with Gasteiger partial charge < -0.3 is 5.32 Å². The summed E-state index contributed by atoms with van der Waals surface area (Å²) in [5, 5.41) is 3.05. The Kier molecular flexibility index (Phi) is 13.2. The van der Waals surface area contributed by atoms with Crippen molar-refractivity contribution in [1.29, 1.82) is 0 Å². The molecule has 140 valence electrons. The first-order valence-corrected chi connectivity index (χ1v) is 10.2. The van der Waals surface area contributed by atoms with Crippen LogP contribution in [0.5, 0.6) is 0 Å². The number of hydrogen-bond donors (Lipinski definition) is 3. The Morgan fingerprint density at radius 1 is 0.917 bits per heavy atom. The first-order valence-electron chi connectivity index (χ1n) is 10.2. The van der Waals surface area contributed by atoms with E-state index in [0.29, 0.717) is 12.4 Å². The maximum absolute atomic E-state index is 11.6. The SMILES string of the molecule is CCCCCCCCCCCCCCCC(=O)NNC1=NCCN1. The zero-order valence-corrected chi connectivity index (χ0v) is 15.7. The van der Waals surface area contributed by atoms with Crippen molar-refractivity contribution in [2.45, 2.75) is 96.8 Å². The molecule has 0 bridgehead atoms. The summed E-state index contributed by atoms with van der Waals surface area (Å²) in [6.45, 7) is 3.89. The molecule has 0 aromatic heterocycles. The third-order valence-corrected chi connectivity index (χ3v) is 4.50. The zero-order valence-electron chi connectivity index (χ0n) is 15.7. The summed E-state index contributed by atoms with van der Waals surface area (Å²) in [7, 11) is 0. The molecule has 1 heterocycles. The fraction of sp³-hybridized carbons (Fsp3) is 0.895. The molecule has 0 atom stereocenters. The Morgan fingerprint density at radius 3 is 1.96 bits per heavy atom. The molecule has 1 amide bonds. The Hall–Kier alpha value is -1.26. The van der Waals surface area contributed by atoms with E-state index in [1.807, 2.05) is 0 Å². The summed E-state index contributed by atoms with van der Waals surface area (Å²) in [5.74, 6) is 0.725. The first-order chi connectivity index (χ1) is 11.8. The van der Waals surface area contributed by atoms with Crippen LogP contribution < -0.4 is 16.2 Å². The highest BCUT2D eigenvalue weighted by atomic mass is 16.2. The Labute approximate surface area is 148 Å². The van der Waals surface area contributed by atoms with Crippen molar-refractivity contribution in [3.05, 3.63) is 0 Å². The number of carbonyl (C=O) groups excluding carboxylic acids is 1. The molecule has 0 unspecified atom stereocenters. The lowest BCUT2D eigenvalue weighted by atomic mass is 10.0. The van der Waals surface area contributed by atoms with Gasteiger partial charge in [0.15, 0.2) is 0 Å². The molecule has 24 heavy (non-hydrogen) atoms. The van der Waals surface area contributed by atoms with Crippen LogP contribution in [0.2, 0.25) is 0 Å². The molecular formula is C19H38N4O. The molecule has 1 aliphatic rings. The molecule has 0 aromatic carbocycles. The van der Waals surface area contributed by atoms with Gasteiger partial charge in [-0.1, -0.05) is 84.0 Å². The van der Waals surface area contributed by atoms with Crippen molar-refractivity contribution in [2.24, 2.45) is 4.99 Å². The minimum atomic E-state index is 0.0504. The maximum Gasteiger partial charge on any atom is 0.238 e. The Bertz CT molecular complexity index is 344. The van der Waals surface area contributed by atoms with E-state index >= 15 is 0 Å². The van der Waals surface area contributed by atoms with E-state index in [1.54, 1.807) is 0 Å². The Balaban J connectivity index is 1.74. The molecule has 1 rings (SSSR count). The fourth-order valence-electron chi connectivity index (χ4n) is 2.98. The number of unbranched alkanes of at least 4 members (excludes halogenated alkanes) is 12. The van der Waals surface area contributed by atoms with Crippen LogP contribution in [0.25, 0.3) is 0 Å². The topological polar surface area (TPSA) is 65.5 Å². The smallest absolute Gasteiger partial charge is 0.238 e. The molecule has 0 aliphatic carbocycles. The van der Waals surface area contributed by atoms with Crippen molar-refractivity contribution < 1.29 is 4.79 Å². The fourth-order valence-corrected chi connectivity index (χ4v) is 2.98. The van der Waals surface area contributed by atoms with Gasteiger partial charge >= 0.3 is 0 Å². The number of rotatable bonds is 14. The molecule has 0 fully saturated rings. The number of aliphatic imine (C=N–C) groups is 1. The van der Waals surface area contributed by atoms with E-state index in [-0.39, 0.29) is 5.91 Å². The molecule has 0 saturated heterocycles. The second kappa shape index (κ2) is 15.3. The number of nitrogens with one attached hydrogen (secondary N) is 3. The van der Waals surface area contributed by atoms with Crippen LogP contribution in [-0.2, 0) is 4.79 Å². The number of nitrogens with zero attached hydrogens (tertiary/aromatic N) is 1. The van der Waals surface area contributed by atoms with Gasteiger partial charge in [-0.2, -0.15) is 0 Å². The predicted octanol–water partition coefficient (Wildman–Crippen LogP) is 4.05. The monoisotopic (exact) mass is 338 g/mol. The van der Waals surface area contributed by atoms with Gasteiger partial charge in [-0.3, -0.25) is 20.6 Å². The summed E-state index contributed by atoms with van der Waals surface area (Å²) in [6, 6.07) is 0. The number of guanidine groups is 1. The maximum atomic E-state index is 11.6. The van der Waals surface area contributed by atoms with Crippen molar-refractivity contribution >= 4 is 11.9 Å². The van der Waals surface area contributed by atoms with E-state index in [9.17, 15) is 4.79 Å². The molecule has 5 nitrogen and oxygen atoms in total. The van der Waals surface area contributed by atoms with Crippen molar-refractivity contribution in [2.75, 3.05) is 13.1 Å². The van der Waals surface area contributed by atoms with Gasteiger partial charge in [0, 0.05) is 13.0 Å². The van der Waals surface area contributed by atoms with E-state index in [4.69, 9.17) is 0 Å². The van der Waals surface area contributed by atoms with E-state index < -0.39 is 0 Å². The minimum Gasteiger partial charge on any atom is -0.353 e. The molecular weight excluding hydrogens is 300 g/mol. The third-order valence-electron chi connectivity index (χ3n) is 4.50. The number of amides is 1. The van der Waals surface area contributed by atoms with Crippen LogP contribution in [0.3, 0.4) is 0 Å². The number of hydrogen-bond acceptors (Lipinski definition) is 4. The Morgan fingerprint density at radius 2 is 1.46 bits per heavy atom. The average Bonchev–Trinajstić information content (AvgIpc) is 3.10. The lowest BCUT2D eigenvalue weighted by molar-refractivity contribution is -0.121. The van der Waals surface area contributed by atoms with Crippen molar-refractivity contribution in [3.63, 3.8) is 0 Å². The van der Waals surface area contributed by atoms with Gasteiger partial charge in [0.25, 0.3) is 0 Å². The predicted molar refractivity (Wildman–Crippen MR) is 102 cm³/mol. The van der Waals surface area contributed by atoms with Crippen molar-refractivity contribution in [1.82, 2.24) is 16.2 Å². The van der Waals surface area contributed by atoms with Crippen LogP contribution >= 0.6 is 0 Å². The summed E-state index contributed by atoms with van der Waals surface area (Å²) < 4.78 is 0. The van der Waals surface area contributed by atoms with Crippen LogP contribution in [0, 0.1) is 0 Å². The summed E-state index contributed by atoms with van der Waals surface area (Å²) in [4.78, 5) is 15.8. The minimum absolute atomic E-state index is 0.0504. The van der Waals surface area contributed by atoms with Gasteiger partial charge in [-0.15, -0.1) is 0 Å². The first kappa shape index (κ1) is 20.8. The lowest BCUT2D eigenvalue weighted by Gasteiger charge is -2.08. The standard InChI is InChI=1S/C19H38N4O/c1-2-3-4-5-6-7-8-9-10-11-12-13-14-15-18(24)22-23-19-20-16-17-21-19/h2-17H2,1H3,(H,22,24)(H2,20,21,23). The van der Waals surface area contributed by atoms with Gasteiger partial charge in [0.1, 0.15) is 0 Å².